The van der Waals surface area contributed by atoms with Crippen molar-refractivity contribution in [2.45, 2.75) is 17.8 Å². The number of rotatable bonds is 3. The first kappa shape index (κ1) is 11.9. The van der Waals surface area contributed by atoms with Crippen molar-refractivity contribution in [1.29, 1.82) is 0 Å². The number of aromatic nitrogens is 2. The minimum Gasteiger partial charge on any atom is -0.398 e. The van der Waals surface area contributed by atoms with Crippen LogP contribution in [0.25, 0.3) is 0 Å². The molecule has 0 radical (unpaired) electrons. The number of nitrogens with two attached hydrogens (primary N) is 1. The van der Waals surface area contributed by atoms with Gasteiger partial charge in [0.05, 0.1) is 0 Å². The maximum Gasteiger partial charge on any atom is 0.188 e. The number of nitrogen functional groups attached to an aromatic ring is 1. The van der Waals surface area contributed by atoms with Crippen molar-refractivity contribution in [3.8, 4) is 0 Å². The summed E-state index contributed by atoms with van der Waals surface area (Å²) in [6.45, 7) is 1.89. The molecular formula is C12H12FN3S. The van der Waals surface area contributed by atoms with Crippen molar-refractivity contribution in [3.63, 3.8) is 0 Å². The molecule has 1 aromatic heterocycles. The molecule has 3 nitrogen and oxygen atoms in total. The average Bonchev–Trinajstić information content (AvgIpc) is 2.28. The van der Waals surface area contributed by atoms with Crippen LogP contribution in [0.1, 0.15) is 11.3 Å². The third-order valence-electron chi connectivity index (χ3n) is 2.27. The Kier molecular flexibility index (Phi) is 3.58. The van der Waals surface area contributed by atoms with Crippen LogP contribution in [0.3, 0.4) is 0 Å². The van der Waals surface area contributed by atoms with E-state index < -0.39 is 0 Å². The molecule has 2 N–H and O–H groups in total. The van der Waals surface area contributed by atoms with Gasteiger partial charge in [-0.1, -0.05) is 17.8 Å². The van der Waals surface area contributed by atoms with E-state index in [-0.39, 0.29) is 5.82 Å². The number of aryl methyl sites for hydroxylation is 1. The summed E-state index contributed by atoms with van der Waals surface area (Å²) in [5.74, 6) is 0.146. The molecule has 5 heteroatoms. The Morgan fingerprint density at radius 2 is 2.18 bits per heavy atom. The maximum atomic E-state index is 13.5. The van der Waals surface area contributed by atoms with Gasteiger partial charge in [-0.2, -0.15) is 0 Å². The van der Waals surface area contributed by atoms with Crippen molar-refractivity contribution in [1.82, 2.24) is 9.97 Å². The molecule has 1 aromatic carbocycles. The van der Waals surface area contributed by atoms with Gasteiger partial charge in [-0.05, 0) is 25.1 Å². The fraction of sp³-hybridized carbons (Fsp3) is 0.167. The molecule has 0 saturated heterocycles. The van der Waals surface area contributed by atoms with Crippen LogP contribution < -0.4 is 5.73 Å². The number of anilines is 1. The number of thioether (sulfide) groups is 1. The second-order valence-electron chi connectivity index (χ2n) is 3.58. The fourth-order valence-corrected chi connectivity index (χ4v) is 2.28. The molecule has 0 fully saturated rings. The van der Waals surface area contributed by atoms with Gasteiger partial charge in [-0.25, -0.2) is 14.4 Å². The lowest BCUT2D eigenvalue weighted by molar-refractivity contribution is 0.618. The number of hydrogen-bond acceptors (Lipinski definition) is 4. The summed E-state index contributed by atoms with van der Waals surface area (Å²) in [7, 11) is 0. The van der Waals surface area contributed by atoms with E-state index in [1.165, 1.54) is 17.8 Å². The van der Waals surface area contributed by atoms with Crippen LogP contribution in [0, 0.1) is 12.7 Å². The molecule has 0 aliphatic rings. The normalized spacial score (nSPS) is 10.5. The van der Waals surface area contributed by atoms with Crippen LogP contribution >= 0.6 is 11.8 Å². The van der Waals surface area contributed by atoms with Gasteiger partial charge in [-0.15, -0.1) is 0 Å². The largest absolute Gasteiger partial charge is 0.398 e. The minimum absolute atomic E-state index is 0.287. The van der Waals surface area contributed by atoms with Gasteiger partial charge < -0.3 is 5.73 Å². The van der Waals surface area contributed by atoms with E-state index in [0.29, 0.717) is 22.2 Å². The van der Waals surface area contributed by atoms with Crippen molar-refractivity contribution >= 4 is 17.4 Å². The SMILES string of the molecule is Cc1ccnc(SCc2c(N)cccc2F)n1. The zero-order valence-corrected chi connectivity index (χ0v) is 10.2. The molecule has 1 heterocycles. The molecule has 88 valence electrons. The predicted molar refractivity (Wildman–Crippen MR) is 67.1 cm³/mol. The third-order valence-corrected chi connectivity index (χ3v) is 3.16. The van der Waals surface area contributed by atoms with Crippen molar-refractivity contribution in [2.75, 3.05) is 5.73 Å². The first-order chi connectivity index (χ1) is 8.16. The summed E-state index contributed by atoms with van der Waals surface area (Å²) in [6, 6.07) is 6.52. The van der Waals surface area contributed by atoms with Gasteiger partial charge in [0, 0.05) is 28.9 Å². The van der Waals surface area contributed by atoms with E-state index in [2.05, 4.69) is 9.97 Å². The molecule has 0 bridgehead atoms. The summed E-state index contributed by atoms with van der Waals surface area (Å²) in [4.78, 5) is 8.34. The number of halogens is 1. The molecule has 0 unspecified atom stereocenters. The molecule has 0 atom stereocenters. The predicted octanol–water partition coefficient (Wildman–Crippen LogP) is 2.80. The van der Waals surface area contributed by atoms with Gasteiger partial charge in [0.15, 0.2) is 5.16 Å². The Hall–Kier alpha value is -1.62. The Balaban J connectivity index is 2.13. The molecule has 0 amide bonds. The zero-order valence-electron chi connectivity index (χ0n) is 9.35. The molecule has 0 spiro atoms. The van der Waals surface area contributed by atoms with E-state index in [9.17, 15) is 4.39 Å². The Labute approximate surface area is 103 Å². The van der Waals surface area contributed by atoms with Gasteiger partial charge in [0.1, 0.15) is 5.82 Å². The average molecular weight is 249 g/mol. The quantitative estimate of drug-likeness (QED) is 0.516. The van der Waals surface area contributed by atoms with E-state index in [1.54, 1.807) is 18.3 Å². The Morgan fingerprint density at radius 1 is 1.35 bits per heavy atom. The molecule has 0 aliphatic heterocycles. The molecule has 2 aromatic rings. The van der Waals surface area contributed by atoms with Crippen molar-refractivity contribution < 1.29 is 4.39 Å². The lowest BCUT2D eigenvalue weighted by atomic mass is 10.2. The molecule has 2 rings (SSSR count). The lowest BCUT2D eigenvalue weighted by Gasteiger charge is -2.06. The van der Waals surface area contributed by atoms with Gasteiger partial charge in [-0.3, -0.25) is 0 Å². The Morgan fingerprint density at radius 3 is 2.88 bits per heavy atom. The molecule has 17 heavy (non-hydrogen) atoms. The van der Waals surface area contributed by atoms with Crippen molar-refractivity contribution in [2.24, 2.45) is 0 Å². The first-order valence-corrected chi connectivity index (χ1v) is 6.10. The van der Waals surface area contributed by atoms with Crippen LogP contribution in [0.4, 0.5) is 10.1 Å². The summed E-state index contributed by atoms with van der Waals surface area (Å²) in [6.07, 6.45) is 1.69. The van der Waals surface area contributed by atoms with Crippen LogP contribution in [0.15, 0.2) is 35.6 Å². The lowest BCUT2D eigenvalue weighted by Crippen LogP contribution is -1.97. The molecule has 0 saturated carbocycles. The number of nitrogens with zero attached hydrogens (tertiary/aromatic N) is 2. The fourth-order valence-electron chi connectivity index (χ4n) is 1.36. The van der Waals surface area contributed by atoms with E-state index in [0.717, 1.165) is 5.69 Å². The second-order valence-corrected chi connectivity index (χ2v) is 4.52. The summed E-state index contributed by atoms with van der Waals surface area (Å²) in [5, 5.41) is 0.632. The van der Waals surface area contributed by atoms with Gasteiger partial charge >= 0.3 is 0 Å². The second kappa shape index (κ2) is 5.14. The molecule has 0 aliphatic carbocycles. The third kappa shape index (κ3) is 2.94. The van der Waals surface area contributed by atoms with E-state index in [1.807, 2.05) is 13.0 Å². The number of benzene rings is 1. The summed E-state index contributed by atoms with van der Waals surface area (Å²) < 4.78 is 13.5. The van der Waals surface area contributed by atoms with Crippen LogP contribution in [-0.4, -0.2) is 9.97 Å². The Bertz CT molecular complexity index is 511. The van der Waals surface area contributed by atoms with Crippen molar-refractivity contribution in [3.05, 3.63) is 47.5 Å². The number of hydrogen-bond donors (Lipinski definition) is 1. The smallest absolute Gasteiger partial charge is 0.188 e. The highest BCUT2D eigenvalue weighted by Gasteiger charge is 2.07. The van der Waals surface area contributed by atoms with Crippen LogP contribution in [0.5, 0.6) is 0 Å². The van der Waals surface area contributed by atoms with E-state index in [4.69, 9.17) is 5.73 Å². The first-order valence-electron chi connectivity index (χ1n) is 5.12. The van der Waals surface area contributed by atoms with Gasteiger partial charge in [0.25, 0.3) is 0 Å². The van der Waals surface area contributed by atoms with Gasteiger partial charge in [0.2, 0.25) is 0 Å². The summed E-state index contributed by atoms with van der Waals surface area (Å²) in [5.41, 5.74) is 7.58. The minimum atomic E-state index is -0.287. The monoisotopic (exact) mass is 249 g/mol. The van der Waals surface area contributed by atoms with Crippen LogP contribution in [-0.2, 0) is 5.75 Å². The summed E-state index contributed by atoms with van der Waals surface area (Å²) >= 11 is 1.37. The highest BCUT2D eigenvalue weighted by molar-refractivity contribution is 7.98. The standard InChI is InChI=1S/C12H12FN3S/c1-8-5-6-15-12(16-8)17-7-9-10(13)3-2-4-11(9)14/h2-6H,7,14H2,1H3. The maximum absolute atomic E-state index is 13.5. The topological polar surface area (TPSA) is 51.8 Å². The van der Waals surface area contributed by atoms with Crippen LogP contribution in [0.2, 0.25) is 0 Å². The highest BCUT2D eigenvalue weighted by atomic mass is 32.2. The molecular weight excluding hydrogens is 237 g/mol. The zero-order chi connectivity index (χ0) is 12.3. The van der Waals surface area contributed by atoms with E-state index >= 15 is 0 Å². The highest BCUT2D eigenvalue weighted by Crippen LogP contribution is 2.24.